The number of halogens is 2. The molecule has 0 N–H and O–H groups in total. The van der Waals surface area contributed by atoms with Crippen LogP contribution in [-0.4, -0.2) is 35.0 Å². The minimum absolute atomic E-state index is 0.0106. The summed E-state index contributed by atoms with van der Waals surface area (Å²) in [4.78, 5) is 19.1. The second-order valence-corrected chi connectivity index (χ2v) is 7.38. The maximum atomic E-state index is 12.4. The number of carbonyl (C=O) groups is 1. The number of hydrogen-bond acceptors (Lipinski definition) is 4. The first-order valence-electron chi connectivity index (χ1n) is 6.44. The minimum atomic E-state index is -0.0106. The Hall–Kier alpha value is -0.920. The highest BCUT2D eigenvalue weighted by molar-refractivity contribution is 9.10. The first-order chi connectivity index (χ1) is 10.1. The van der Waals surface area contributed by atoms with Crippen LogP contribution >= 0.6 is 43.2 Å². The molecule has 0 aliphatic carbocycles. The van der Waals surface area contributed by atoms with Crippen molar-refractivity contribution < 1.29 is 9.53 Å². The zero-order valence-corrected chi connectivity index (χ0v) is 14.9. The van der Waals surface area contributed by atoms with Crippen molar-refractivity contribution >= 4 is 49.1 Å². The van der Waals surface area contributed by atoms with Crippen molar-refractivity contribution in [3.63, 3.8) is 0 Å². The van der Waals surface area contributed by atoms with Gasteiger partial charge in [0.1, 0.15) is 6.10 Å². The predicted molar refractivity (Wildman–Crippen MR) is 88.9 cm³/mol. The summed E-state index contributed by atoms with van der Waals surface area (Å²) in [5.74, 6) is 0.646. The molecule has 1 amide bonds. The highest BCUT2D eigenvalue weighted by Crippen LogP contribution is 2.26. The summed E-state index contributed by atoms with van der Waals surface area (Å²) in [5, 5.41) is 1.92. The fourth-order valence-electron chi connectivity index (χ4n) is 2.21. The topological polar surface area (TPSA) is 42.4 Å². The lowest BCUT2D eigenvalue weighted by molar-refractivity contribution is 0.0775. The van der Waals surface area contributed by atoms with Crippen LogP contribution in [0.25, 0.3) is 0 Å². The molecule has 0 bridgehead atoms. The average Bonchev–Trinajstić information content (AvgIpc) is 3.10. The standard InChI is InChI=1S/C14H12Br2N2O2S/c15-9-6-12(21-8-9)14(19)18-5-3-10(7-18)20-13-11(16)2-1-4-17-13/h1-2,4,6,8,10H,3,5,7H2. The smallest absolute Gasteiger partial charge is 0.264 e. The Morgan fingerprint density at radius 2 is 2.33 bits per heavy atom. The van der Waals surface area contributed by atoms with Crippen molar-refractivity contribution in [2.24, 2.45) is 0 Å². The van der Waals surface area contributed by atoms with Crippen LogP contribution in [0.5, 0.6) is 5.88 Å². The SMILES string of the molecule is O=C(c1cc(Br)cs1)N1CCC(Oc2ncccc2Br)C1. The fourth-order valence-corrected chi connectivity index (χ4v) is 3.95. The zero-order chi connectivity index (χ0) is 14.8. The molecule has 4 nitrogen and oxygen atoms in total. The number of rotatable bonds is 3. The molecule has 0 spiro atoms. The largest absolute Gasteiger partial charge is 0.472 e. The van der Waals surface area contributed by atoms with E-state index < -0.39 is 0 Å². The van der Waals surface area contributed by atoms with E-state index in [1.807, 2.05) is 28.5 Å². The van der Waals surface area contributed by atoms with E-state index >= 15 is 0 Å². The molecular weight excluding hydrogens is 420 g/mol. The molecule has 1 unspecified atom stereocenters. The summed E-state index contributed by atoms with van der Waals surface area (Å²) in [6, 6.07) is 5.59. The highest BCUT2D eigenvalue weighted by atomic mass is 79.9. The molecule has 0 aromatic carbocycles. The van der Waals surface area contributed by atoms with Crippen LogP contribution in [0.4, 0.5) is 0 Å². The molecule has 0 radical (unpaired) electrons. The lowest BCUT2D eigenvalue weighted by Crippen LogP contribution is -2.30. The van der Waals surface area contributed by atoms with Crippen LogP contribution < -0.4 is 4.74 Å². The molecule has 110 valence electrons. The van der Waals surface area contributed by atoms with Gasteiger partial charge in [0.2, 0.25) is 5.88 Å². The van der Waals surface area contributed by atoms with Crippen LogP contribution in [0, 0.1) is 0 Å². The summed E-state index contributed by atoms with van der Waals surface area (Å²) < 4.78 is 7.65. The third kappa shape index (κ3) is 3.46. The molecule has 7 heteroatoms. The van der Waals surface area contributed by atoms with Crippen LogP contribution in [0.2, 0.25) is 0 Å². The molecule has 1 fully saturated rings. The van der Waals surface area contributed by atoms with Crippen molar-refractivity contribution in [3.05, 3.63) is 43.6 Å². The number of carbonyl (C=O) groups excluding carboxylic acids is 1. The van der Waals surface area contributed by atoms with E-state index in [0.717, 1.165) is 20.2 Å². The van der Waals surface area contributed by atoms with E-state index in [9.17, 15) is 4.79 Å². The number of thiophene rings is 1. The minimum Gasteiger partial charge on any atom is -0.472 e. The molecule has 2 aromatic rings. The number of nitrogens with zero attached hydrogens (tertiary/aromatic N) is 2. The van der Waals surface area contributed by atoms with Crippen molar-refractivity contribution in [3.8, 4) is 5.88 Å². The number of likely N-dealkylation sites (tertiary alicyclic amines) is 1. The van der Waals surface area contributed by atoms with Crippen LogP contribution in [-0.2, 0) is 0 Å². The molecular formula is C14H12Br2N2O2S. The molecule has 21 heavy (non-hydrogen) atoms. The lowest BCUT2D eigenvalue weighted by Gasteiger charge is -2.16. The van der Waals surface area contributed by atoms with E-state index in [-0.39, 0.29) is 12.0 Å². The monoisotopic (exact) mass is 430 g/mol. The second-order valence-electron chi connectivity index (χ2n) is 4.70. The van der Waals surface area contributed by atoms with Gasteiger partial charge in [-0.05, 0) is 50.1 Å². The van der Waals surface area contributed by atoms with Gasteiger partial charge in [0, 0.05) is 29.0 Å². The van der Waals surface area contributed by atoms with Gasteiger partial charge in [-0.25, -0.2) is 4.98 Å². The maximum Gasteiger partial charge on any atom is 0.264 e. The van der Waals surface area contributed by atoms with Gasteiger partial charge < -0.3 is 9.64 Å². The van der Waals surface area contributed by atoms with Gasteiger partial charge in [-0.2, -0.15) is 0 Å². The molecule has 1 aliphatic heterocycles. The van der Waals surface area contributed by atoms with Crippen molar-refractivity contribution in [2.75, 3.05) is 13.1 Å². The Morgan fingerprint density at radius 1 is 1.48 bits per heavy atom. The molecule has 3 rings (SSSR count). The maximum absolute atomic E-state index is 12.4. The Balaban J connectivity index is 1.63. The normalized spacial score (nSPS) is 18.0. The Kier molecular flexibility index (Phi) is 4.61. The lowest BCUT2D eigenvalue weighted by atomic mass is 10.3. The van der Waals surface area contributed by atoms with E-state index in [2.05, 4.69) is 36.8 Å². The van der Waals surface area contributed by atoms with Crippen LogP contribution in [0.1, 0.15) is 16.1 Å². The van der Waals surface area contributed by atoms with Gasteiger partial charge in [-0.3, -0.25) is 4.79 Å². The van der Waals surface area contributed by atoms with Crippen molar-refractivity contribution in [1.29, 1.82) is 0 Å². The van der Waals surface area contributed by atoms with Gasteiger partial charge in [-0.15, -0.1) is 11.3 Å². The summed E-state index contributed by atoms with van der Waals surface area (Å²) in [6.45, 7) is 1.31. The molecule has 2 aromatic heterocycles. The van der Waals surface area contributed by atoms with E-state index in [1.165, 1.54) is 11.3 Å². The van der Waals surface area contributed by atoms with Gasteiger partial charge in [0.05, 0.1) is 15.9 Å². The van der Waals surface area contributed by atoms with Crippen LogP contribution in [0.3, 0.4) is 0 Å². The third-order valence-electron chi connectivity index (χ3n) is 3.21. The Morgan fingerprint density at radius 3 is 3.05 bits per heavy atom. The van der Waals surface area contributed by atoms with Crippen LogP contribution in [0.15, 0.2) is 38.7 Å². The van der Waals surface area contributed by atoms with E-state index in [4.69, 9.17) is 4.74 Å². The molecule has 0 saturated carbocycles. The summed E-state index contributed by atoms with van der Waals surface area (Å²) in [7, 11) is 0. The van der Waals surface area contributed by atoms with E-state index in [1.54, 1.807) is 6.20 Å². The van der Waals surface area contributed by atoms with Gasteiger partial charge in [0.15, 0.2) is 0 Å². The predicted octanol–water partition coefficient (Wildman–Crippen LogP) is 3.96. The number of aromatic nitrogens is 1. The van der Waals surface area contributed by atoms with Gasteiger partial charge in [-0.1, -0.05) is 0 Å². The molecule has 3 heterocycles. The third-order valence-corrected chi connectivity index (χ3v) is 5.50. The molecule has 1 aliphatic rings. The van der Waals surface area contributed by atoms with Crippen molar-refractivity contribution in [1.82, 2.24) is 9.88 Å². The molecule has 1 atom stereocenters. The summed E-state index contributed by atoms with van der Waals surface area (Å²) in [5.41, 5.74) is 0. The summed E-state index contributed by atoms with van der Waals surface area (Å²) >= 11 is 8.24. The number of ether oxygens (including phenoxy) is 1. The highest BCUT2D eigenvalue weighted by Gasteiger charge is 2.29. The zero-order valence-electron chi connectivity index (χ0n) is 11.0. The Bertz CT molecular complexity index is 662. The number of amides is 1. The number of pyridine rings is 1. The fraction of sp³-hybridized carbons (Fsp3) is 0.286. The first kappa shape index (κ1) is 15.0. The Labute approximate surface area is 143 Å². The van der Waals surface area contributed by atoms with Gasteiger partial charge in [0.25, 0.3) is 5.91 Å². The van der Waals surface area contributed by atoms with Gasteiger partial charge >= 0.3 is 0 Å². The summed E-state index contributed by atoms with van der Waals surface area (Å²) in [6.07, 6.45) is 2.51. The molecule has 1 saturated heterocycles. The quantitative estimate of drug-likeness (QED) is 0.738. The van der Waals surface area contributed by atoms with E-state index in [0.29, 0.717) is 19.0 Å². The average molecular weight is 432 g/mol. The first-order valence-corrected chi connectivity index (χ1v) is 8.90. The van der Waals surface area contributed by atoms with Crippen molar-refractivity contribution in [2.45, 2.75) is 12.5 Å². The number of hydrogen-bond donors (Lipinski definition) is 0. The second kappa shape index (κ2) is 6.46.